The number of piperazine rings is 1. The fourth-order valence-electron chi connectivity index (χ4n) is 3.26. The molecule has 4 heteroatoms. The number of benzene rings is 1. The minimum absolute atomic E-state index is 0.190. The zero-order valence-corrected chi connectivity index (χ0v) is 12.7. The van der Waals surface area contributed by atoms with Crippen LogP contribution in [0.4, 0.5) is 5.69 Å². The minimum Gasteiger partial charge on any atom is -0.481 e. The van der Waals surface area contributed by atoms with Crippen LogP contribution in [0.15, 0.2) is 24.3 Å². The monoisotopic (exact) mass is 288 g/mol. The number of likely N-dealkylation sites (N-methyl/N-ethyl adjacent to an activating group) is 1. The van der Waals surface area contributed by atoms with Crippen LogP contribution < -0.4 is 4.90 Å². The number of aliphatic carboxylic acids is 1. The maximum Gasteiger partial charge on any atom is 0.303 e. The van der Waals surface area contributed by atoms with Crippen LogP contribution >= 0.6 is 0 Å². The maximum atomic E-state index is 11.1. The van der Waals surface area contributed by atoms with Gasteiger partial charge >= 0.3 is 5.97 Å². The number of carbonyl (C=O) groups is 1. The molecule has 4 nitrogen and oxygen atoms in total. The van der Waals surface area contributed by atoms with Crippen molar-refractivity contribution in [3.8, 4) is 0 Å². The summed E-state index contributed by atoms with van der Waals surface area (Å²) in [7, 11) is 2.16. The number of carboxylic acid groups (broad SMARTS) is 1. The molecule has 1 atom stereocenters. The summed E-state index contributed by atoms with van der Waals surface area (Å²) in [4.78, 5) is 15.9. The van der Waals surface area contributed by atoms with E-state index in [1.807, 2.05) is 0 Å². The van der Waals surface area contributed by atoms with Gasteiger partial charge in [0.15, 0.2) is 0 Å². The Morgan fingerprint density at radius 3 is 2.62 bits per heavy atom. The topological polar surface area (TPSA) is 43.8 Å². The van der Waals surface area contributed by atoms with Crippen LogP contribution in [0, 0.1) is 5.92 Å². The summed E-state index contributed by atoms with van der Waals surface area (Å²) in [6.07, 6.45) is 2.62. The third kappa shape index (κ3) is 3.56. The van der Waals surface area contributed by atoms with Gasteiger partial charge in [0.1, 0.15) is 0 Å². The fourth-order valence-corrected chi connectivity index (χ4v) is 3.26. The summed E-state index contributed by atoms with van der Waals surface area (Å²) in [5.41, 5.74) is 2.45. The van der Waals surface area contributed by atoms with E-state index in [1.54, 1.807) is 0 Å². The molecule has 0 spiro atoms. The zero-order chi connectivity index (χ0) is 14.8. The van der Waals surface area contributed by atoms with Gasteiger partial charge in [0.2, 0.25) is 0 Å². The Kier molecular flexibility index (Phi) is 4.15. The predicted octanol–water partition coefficient (Wildman–Crippen LogP) is 2.41. The van der Waals surface area contributed by atoms with Crippen LogP contribution in [-0.2, 0) is 4.79 Å². The maximum absolute atomic E-state index is 11.1. The van der Waals surface area contributed by atoms with Crippen LogP contribution in [0.2, 0.25) is 0 Å². The Labute approximate surface area is 126 Å². The predicted molar refractivity (Wildman–Crippen MR) is 83.9 cm³/mol. The third-order valence-corrected chi connectivity index (χ3v) is 4.75. The number of hydrogen-bond acceptors (Lipinski definition) is 3. The van der Waals surface area contributed by atoms with Crippen LogP contribution in [0.3, 0.4) is 0 Å². The number of rotatable bonds is 5. The first kappa shape index (κ1) is 14.4. The summed E-state index contributed by atoms with van der Waals surface area (Å²) in [6, 6.07) is 8.56. The van der Waals surface area contributed by atoms with E-state index in [0.717, 1.165) is 26.2 Å². The molecule has 2 aliphatic rings. The second kappa shape index (κ2) is 6.06. The van der Waals surface area contributed by atoms with Crippen LogP contribution in [0.1, 0.15) is 30.7 Å². The molecule has 0 amide bonds. The average Bonchev–Trinajstić information content (AvgIpc) is 3.30. The molecule has 0 aromatic heterocycles. The molecule has 1 unspecified atom stereocenters. The van der Waals surface area contributed by atoms with E-state index in [2.05, 4.69) is 41.1 Å². The molecule has 3 rings (SSSR count). The Hall–Kier alpha value is -1.55. The van der Waals surface area contributed by atoms with Crippen LogP contribution in [0.25, 0.3) is 0 Å². The smallest absolute Gasteiger partial charge is 0.303 e. The minimum atomic E-state index is -0.683. The van der Waals surface area contributed by atoms with Crippen molar-refractivity contribution in [3.63, 3.8) is 0 Å². The van der Waals surface area contributed by atoms with Gasteiger partial charge in [0, 0.05) is 31.9 Å². The van der Waals surface area contributed by atoms with Crippen LogP contribution in [0.5, 0.6) is 0 Å². The number of nitrogens with zero attached hydrogens (tertiary/aromatic N) is 2. The molecule has 1 aromatic carbocycles. The van der Waals surface area contributed by atoms with Crippen molar-refractivity contribution in [2.24, 2.45) is 5.92 Å². The van der Waals surface area contributed by atoms with Gasteiger partial charge in [-0.3, -0.25) is 4.79 Å². The highest BCUT2D eigenvalue weighted by Crippen LogP contribution is 2.45. The molecule has 0 radical (unpaired) electrons. The molecule has 2 fully saturated rings. The second-order valence-electron chi connectivity index (χ2n) is 6.43. The first-order valence-corrected chi connectivity index (χ1v) is 7.89. The molecule has 1 saturated carbocycles. The molecule has 1 heterocycles. The van der Waals surface area contributed by atoms with E-state index in [4.69, 9.17) is 5.11 Å². The Balaban J connectivity index is 1.76. The lowest BCUT2D eigenvalue weighted by molar-refractivity contribution is -0.137. The number of anilines is 1. The Bertz CT molecular complexity index is 505. The molecule has 114 valence electrons. The normalized spacial score (nSPS) is 21.3. The van der Waals surface area contributed by atoms with Gasteiger partial charge in [0.05, 0.1) is 6.42 Å². The van der Waals surface area contributed by atoms with Gasteiger partial charge in [0.25, 0.3) is 0 Å². The molecule has 1 aromatic rings. The number of carboxylic acids is 1. The van der Waals surface area contributed by atoms with Crippen molar-refractivity contribution in [3.05, 3.63) is 29.8 Å². The van der Waals surface area contributed by atoms with Crippen LogP contribution in [-0.4, -0.2) is 49.2 Å². The summed E-state index contributed by atoms with van der Waals surface area (Å²) >= 11 is 0. The SMILES string of the molecule is CN1CCN(c2cccc(C(CC(=O)O)C3CC3)c2)CC1. The van der Waals surface area contributed by atoms with E-state index in [-0.39, 0.29) is 12.3 Å². The first-order chi connectivity index (χ1) is 10.1. The van der Waals surface area contributed by atoms with Gasteiger partial charge in [-0.1, -0.05) is 12.1 Å². The molecule has 1 N–H and O–H groups in total. The molecular formula is C17H24N2O2. The molecule has 21 heavy (non-hydrogen) atoms. The van der Waals surface area contributed by atoms with E-state index in [1.165, 1.54) is 24.1 Å². The largest absolute Gasteiger partial charge is 0.481 e. The first-order valence-electron chi connectivity index (χ1n) is 7.89. The Morgan fingerprint density at radius 1 is 1.29 bits per heavy atom. The summed E-state index contributed by atoms with van der Waals surface area (Å²) in [6.45, 7) is 4.27. The summed E-state index contributed by atoms with van der Waals surface area (Å²) < 4.78 is 0. The lowest BCUT2D eigenvalue weighted by Gasteiger charge is -2.34. The second-order valence-corrected chi connectivity index (χ2v) is 6.43. The lowest BCUT2D eigenvalue weighted by Crippen LogP contribution is -2.44. The lowest BCUT2D eigenvalue weighted by atomic mass is 9.90. The molecule has 0 bridgehead atoms. The molecule has 1 saturated heterocycles. The molecule has 1 aliphatic carbocycles. The van der Waals surface area contributed by atoms with Gasteiger partial charge in [-0.2, -0.15) is 0 Å². The van der Waals surface area contributed by atoms with E-state index in [0.29, 0.717) is 5.92 Å². The standard InChI is InChI=1S/C17H24N2O2/c1-18-7-9-19(10-8-18)15-4-2-3-14(11-15)16(12-17(20)21)13-5-6-13/h2-4,11,13,16H,5-10,12H2,1H3,(H,20,21). The Morgan fingerprint density at radius 2 is 2.00 bits per heavy atom. The van der Waals surface area contributed by atoms with Crippen molar-refractivity contribution >= 4 is 11.7 Å². The highest BCUT2D eigenvalue weighted by Gasteiger charge is 2.34. The van der Waals surface area contributed by atoms with Crippen molar-refractivity contribution in [1.82, 2.24) is 4.90 Å². The zero-order valence-electron chi connectivity index (χ0n) is 12.7. The average molecular weight is 288 g/mol. The molecular weight excluding hydrogens is 264 g/mol. The van der Waals surface area contributed by atoms with Gasteiger partial charge in [-0.15, -0.1) is 0 Å². The van der Waals surface area contributed by atoms with Gasteiger partial charge in [-0.25, -0.2) is 0 Å². The van der Waals surface area contributed by atoms with Crippen molar-refractivity contribution in [1.29, 1.82) is 0 Å². The summed E-state index contributed by atoms with van der Waals surface area (Å²) in [5.74, 6) is 0.0793. The van der Waals surface area contributed by atoms with Gasteiger partial charge in [-0.05, 0) is 49.4 Å². The highest BCUT2D eigenvalue weighted by atomic mass is 16.4. The molecule has 1 aliphatic heterocycles. The number of hydrogen-bond donors (Lipinski definition) is 1. The summed E-state index contributed by atoms with van der Waals surface area (Å²) in [5, 5.41) is 9.15. The highest BCUT2D eigenvalue weighted by molar-refractivity contribution is 5.68. The fraction of sp³-hybridized carbons (Fsp3) is 0.588. The van der Waals surface area contributed by atoms with Gasteiger partial charge < -0.3 is 14.9 Å². The van der Waals surface area contributed by atoms with Crippen molar-refractivity contribution in [2.45, 2.75) is 25.2 Å². The van der Waals surface area contributed by atoms with Crippen molar-refractivity contribution < 1.29 is 9.90 Å². The van der Waals surface area contributed by atoms with E-state index in [9.17, 15) is 4.79 Å². The third-order valence-electron chi connectivity index (χ3n) is 4.75. The quantitative estimate of drug-likeness (QED) is 0.903. The van der Waals surface area contributed by atoms with E-state index >= 15 is 0 Å². The van der Waals surface area contributed by atoms with Crippen molar-refractivity contribution in [2.75, 3.05) is 38.1 Å². The van der Waals surface area contributed by atoms with E-state index < -0.39 is 5.97 Å².